The van der Waals surface area contributed by atoms with Crippen LogP contribution in [0.25, 0.3) is 11.1 Å². The second-order valence-corrected chi connectivity index (χ2v) is 21.8. The first kappa shape index (κ1) is 55.9. The monoisotopic (exact) mass is 974 g/mol. The first-order chi connectivity index (χ1) is 30.1. The van der Waals surface area contributed by atoms with Crippen LogP contribution in [-0.4, -0.2) is 121 Å². The summed E-state index contributed by atoms with van der Waals surface area (Å²) in [6.45, 7) is 16.2. The summed E-state index contributed by atoms with van der Waals surface area (Å²) in [5.41, 5.74) is 1.47. The fourth-order valence-corrected chi connectivity index (χ4v) is 13.2. The van der Waals surface area contributed by atoms with Crippen molar-refractivity contribution < 1.29 is 47.5 Å². The van der Waals surface area contributed by atoms with Crippen molar-refractivity contribution in [3.8, 4) is 45.6 Å². The molecule has 0 aliphatic carbocycles. The highest BCUT2D eigenvalue weighted by molar-refractivity contribution is 8.17. The molecular weight excluding hydrogens is 905 g/mol. The Kier molecular flexibility index (Phi) is 30.8. The molecule has 0 aromatic heterocycles. The molecular formula is C46H70O10S6. The van der Waals surface area contributed by atoms with Crippen molar-refractivity contribution >= 4 is 82.5 Å². The van der Waals surface area contributed by atoms with Crippen LogP contribution in [0.2, 0.25) is 0 Å². The summed E-state index contributed by atoms with van der Waals surface area (Å²) in [5, 5.41) is 0. The number of rotatable bonds is 37. The zero-order valence-electron chi connectivity index (χ0n) is 38.0. The van der Waals surface area contributed by atoms with E-state index in [1.807, 2.05) is 71.3 Å². The van der Waals surface area contributed by atoms with E-state index in [0.717, 1.165) is 84.2 Å². The van der Waals surface area contributed by atoms with Gasteiger partial charge in [0.15, 0.2) is 23.0 Å². The molecule has 0 N–H and O–H groups in total. The smallest absolute Gasteiger partial charge is 0.330 e. The lowest BCUT2D eigenvalue weighted by Gasteiger charge is -2.22. The fraction of sp³-hybridized carbons (Fsp3) is 0.609. The molecule has 0 heterocycles. The number of esters is 2. The van der Waals surface area contributed by atoms with Crippen LogP contribution in [0.1, 0.15) is 66.2 Å². The van der Waals surface area contributed by atoms with E-state index >= 15 is 0 Å². The Morgan fingerprint density at radius 3 is 1.10 bits per heavy atom. The molecule has 0 radical (unpaired) electrons. The van der Waals surface area contributed by atoms with Crippen molar-refractivity contribution in [2.24, 2.45) is 0 Å². The minimum Gasteiger partial charge on any atom is -0.493 e. The van der Waals surface area contributed by atoms with Gasteiger partial charge in [0.1, 0.15) is 25.4 Å². The first-order valence-corrected chi connectivity index (χ1v) is 27.7. The van der Waals surface area contributed by atoms with Gasteiger partial charge < -0.3 is 37.9 Å². The highest BCUT2D eigenvalue weighted by Gasteiger charge is 2.24. The fourth-order valence-electron chi connectivity index (χ4n) is 5.60. The zero-order valence-corrected chi connectivity index (χ0v) is 42.9. The van der Waals surface area contributed by atoms with Gasteiger partial charge in [-0.1, -0.05) is 40.9 Å². The lowest BCUT2D eigenvalue weighted by atomic mass is 10.0. The highest BCUT2D eigenvalue weighted by atomic mass is 32.2. The largest absolute Gasteiger partial charge is 0.493 e. The first-order valence-electron chi connectivity index (χ1n) is 21.2. The molecule has 2 aromatic rings. The van der Waals surface area contributed by atoms with E-state index in [-0.39, 0.29) is 13.2 Å². The van der Waals surface area contributed by atoms with Crippen LogP contribution in [0.15, 0.2) is 49.6 Å². The van der Waals surface area contributed by atoms with E-state index in [9.17, 15) is 9.59 Å². The normalized spacial score (nSPS) is 12.1. The molecule has 0 saturated heterocycles. The summed E-state index contributed by atoms with van der Waals surface area (Å²) in [7, 11) is 6.23. The highest BCUT2D eigenvalue weighted by Crippen LogP contribution is 2.46. The van der Waals surface area contributed by atoms with Crippen LogP contribution in [-0.2, 0) is 19.1 Å². The minimum absolute atomic E-state index is 0.0864. The topological polar surface area (TPSA) is 108 Å². The maximum absolute atomic E-state index is 12.3. The van der Waals surface area contributed by atoms with Gasteiger partial charge in [-0.05, 0) is 108 Å². The number of hydrogen-bond acceptors (Lipinski definition) is 16. The second-order valence-electron chi connectivity index (χ2n) is 13.6. The molecule has 16 heteroatoms. The molecule has 0 amide bonds. The SMILES string of the molecule is C=CC(=O)OC(COc1c(OC)cc(-c2cc(OC)c(OCC(CSCCC(SCCC)SCCC)OC(=O)C=C)c(OC)c2)cc1OC)CSCCC(SCCC)SCCC. The third-order valence-corrected chi connectivity index (χ3v) is 17.5. The van der Waals surface area contributed by atoms with Crippen LogP contribution in [0, 0.1) is 0 Å². The molecule has 2 atom stereocenters. The zero-order chi connectivity index (χ0) is 45.5. The number of ether oxygens (including phenoxy) is 8. The molecule has 350 valence electrons. The van der Waals surface area contributed by atoms with Gasteiger partial charge in [-0.2, -0.15) is 23.5 Å². The van der Waals surface area contributed by atoms with Crippen LogP contribution in [0.4, 0.5) is 0 Å². The Balaban J connectivity index is 2.27. The second kappa shape index (κ2) is 34.2. The van der Waals surface area contributed by atoms with Crippen molar-refractivity contribution in [2.45, 2.75) is 87.6 Å². The van der Waals surface area contributed by atoms with Gasteiger partial charge in [-0.25, -0.2) is 9.59 Å². The number of methoxy groups -OCH3 is 4. The van der Waals surface area contributed by atoms with Crippen molar-refractivity contribution in [1.82, 2.24) is 0 Å². The molecule has 0 aliphatic heterocycles. The molecule has 2 aromatic carbocycles. The molecule has 10 nitrogen and oxygen atoms in total. The van der Waals surface area contributed by atoms with Crippen LogP contribution < -0.4 is 28.4 Å². The third-order valence-electron chi connectivity index (χ3n) is 8.62. The van der Waals surface area contributed by atoms with E-state index in [0.29, 0.717) is 55.2 Å². The van der Waals surface area contributed by atoms with Gasteiger partial charge in [-0.3, -0.25) is 0 Å². The number of hydrogen-bond donors (Lipinski definition) is 0. The Hall–Kier alpha value is -2.24. The Bertz CT molecular complexity index is 1420. The summed E-state index contributed by atoms with van der Waals surface area (Å²) in [6.07, 6.45) is 8.04. The molecule has 0 bridgehead atoms. The number of carbonyl (C=O) groups is 2. The van der Waals surface area contributed by atoms with Gasteiger partial charge in [0, 0.05) is 23.7 Å². The molecule has 2 rings (SSSR count). The number of thioether (sulfide) groups is 6. The van der Waals surface area contributed by atoms with Crippen LogP contribution in [0.5, 0.6) is 34.5 Å². The predicted molar refractivity (Wildman–Crippen MR) is 272 cm³/mol. The molecule has 0 spiro atoms. The Morgan fingerprint density at radius 1 is 0.532 bits per heavy atom. The van der Waals surface area contributed by atoms with E-state index in [4.69, 9.17) is 37.9 Å². The van der Waals surface area contributed by atoms with Gasteiger partial charge in [-0.15, -0.1) is 47.0 Å². The lowest BCUT2D eigenvalue weighted by Crippen LogP contribution is -2.27. The predicted octanol–water partition coefficient (Wildman–Crippen LogP) is 11.8. The van der Waals surface area contributed by atoms with Gasteiger partial charge in [0.05, 0.1) is 37.6 Å². The van der Waals surface area contributed by atoms with Crippen molar-refractivity contribution in [2.75, 3.05) is 87.7 Å². The average molecular weight is 975 g/mol. The molecule has 0 saturated carbocycles. The standard InChI is InChI=1S/C46H70O10S6/c1-11-19-59-43(60-20-12-2)17-23-57-31-35(55-41(47)15-5)29-53-45-37(49-7)25-33(26-38(45)50-8)34-27-39(51-9)46(40(28-34)52-10)54-30-36(56-42(48)16-6)32-58-24-18-44(61-21-13-3)62-22-14-4/h15-16,25-28,35-36,43-44H,5-6,11-14,17-24,29-32H2,1-4,7-10H3. The molecule has 0 fully saturated rings. The Morgan fingerprint density at radius 2 is 0.839 bits per heavy atom. The maximum Gasteiger partial charge on any atom is 0.330 e. The van der Waals surface area contributed by atoms with Crippen molar-refractivity contribution in [3.05, 3.63) is 49.6 Å². The van der Waals surface area contributed by atoms with E-state index in [1.54, 1.807) is 52.0 Å². The van der Waals surface area contributed by atoms with E-state index < -0.39 is 24.1 Å². The number of carbonyl (C=O) groups excluding carboxylic acids is 2. The van der Waals surface area contributed by atoms with Gasteiger partial charge in [0.2, 0.25) is 11.5 Å². The number of benzene rings is 2. The molecule has 62 heavy (non-hydrogen) atoms. The van der Waals surface area contributed by atoms with Crippen molar-refractivity contribution in [3.63, 3.8) is 0 Å². The summed E-state index contributed by atoms with van der Waals surface area (Å²) in [6, 6.07) is 7.34. The summed E-state index contributed by atoms with van der Waals surface area (Å²) >= 11 is 11.6. The van der Waals surface area contributed by atoms with Gasteiger partial charge >= 0.3 is 11.9 Å². The molecule has 2 unspecified atom stereocenters. The maximum atomic E-state index is 12.3. The summed E-state index contributed by atoms with van der Waals surface area (Å²) in [5.74, 6) is 9.04. The lowest BCUT2D eigenvalue weighted by molar-refractivity contribution is -0.144. The summed E-state index contributed by atoms with van der Waals surface area (Å²) < 4.78 is 48.4. The van der Waals surface area contributed by atoms with Crippen LogP contribution in [0.3, 0.4) is 0 Å². The van der Waals surface area contributed by atoms with Crippen LogP contribution >= 0.6 is 70.6 Å². The third kappa shape index (κ3) is 21.2. The molecule has 0 aliphatic rings. The minimum atomic E-state index is -0.527. The summed E-state index contributed by atoms with van der Waals surface area (Å²) in [4.78, 5) is 24.7. The van der Waals surface area contributed by atoms with Crippen molar-refractivity contribution in [1.29, 1.82) is 0 Å². The van der Waals surface area contributed by atoms with Gasteiger partial charge in [0.25, 0.3) is 0 Å². The quantitative estimate of drug-likeness (QED) is 0.0277. The Labute approximate surface area is 397 Å². The van der Waals surface area contributed by atoms with E-state index in [1.165, 1.54) is 12.2 Å². The van der Waals surface area contributed by atoms with E-state index in [2.05, 4.69) is 40.9 Å². The average Bonchev–Trinajstić information content (AvgIpc) is 3.30.